The molecule has 0 bridgehead atoms. The molecular weight excluding hydrogens is 476 g/mol. The van der Waals surface area contributed by atoms with Gasteiger partial charge in [0.15, 0.2) is 0 Å². The van der Waals surface area contributed by atoms with Gasteiger partial charge in [-0.25, -0.2) is 4.98 Å². The van der Waals surface area contributed by atoms with E-state index >= 15 is 0 Å². The third-order valence-electron chi connectivity index (χ3n) is 4.47. The number of hydrogen-bond acceptors (Lipinski definition) is 7. The van der Waals surface area contributed by atoms with Gasteiger partial charge in [-0.05, 0) is 42.5 Å². The molecule has 3 N–H and O–H groups in total. The van der Waals surface area contributed by atoms with Crippen LogP contribution in [-0.4, -0.2) is 36.8 Å². The summed E-state index contributed by atoms with van der Waals surface area (Å²) in [6.45, 7) is 0. The number of hydrogen-bond donors (Lipinski definition) is 3. The van der Waals surface area contributed by atoms with Crippen molar-refractivity contribution in [2.45, 2.75) is 9.79 Å². The Bertz CT molecular complexity index is 1540. The van der Waals surface area contributed by atoms with E-state index in [2.05, 4.69) is 10.3 Å². The maximum Gasteiger partial charge on any atom is 0.295 e. The first-order valence-electron chi connectivity index (χ1n) is 8.89. The van der Waals surface area contributed by atoms with E-state index in [1.807, 2.05) is 12.1 Å². The van der Waals surface area contributed by atoms with Gasteiger partial charge in [-0.1, -0.05) is 24.3 Å². The first kappa shape index (κ1) is 22.0. The minimum atomic E-state index is -4.66. The van der Waals surface area contributed by atoms with Gasteiger partial charge in [0.2, 0.25) is 0 Å². The number of amides is 1. The van der Waals surface area contributed by atoms with Gasteiger partial charge in [-0.15, -0.1) is 11.3 Å². The molecule has 1 aromatic heterocycles. The second-order valence-corrected chi connectivity index (χ2v) is 10.4. The zero-order valence-corrected chi connectivity index (χ0v) is 18.4. The Kier molecular flexibility index (Phi) is 5.56. The third kappa shape index (κ3) is 4.40. The van der Waals surface area contributed by atoms with Gasteiger partial charge < -0.3 is 5.32 Å². The zero-order valence-electron chi connectivity index (χ0n) is 16.0. The molecule has 164 valence electrons. The second-order valence-electron chi connectivity index (χ2n) is 6.59. The summed E-state index contributed by atoms with van der Waals surface area (Å²) in [5, 5.41) is 2.91. The van der Waals surface area contributed by atoms with Crippen molar-refractivity contribution in [3.8, 4) is 10.6 Å². The Hall–Kier alpha value is -3.16. The topological polar surface area (TPSA) is 151 Å². The van der Waals surface area contributed by atoms with Gasteiger partial charge in [0, 0.05) is 5.56 Å². The molecule has 0 spiro atoms. The SMILES string of the molecule is O=C(Nc1ccc(S(=O)(=O)O)cc1-c1nc2ccccc2s1)c1ccccc1S(=O)(=O)O. The first-order chi connectivity index (χ1) is 15.0. The van der Waals surface area contributed by atoms with E-state index < -0.39 is 35.9 Å². The van der Waals surface area contributed by atoms with Crippen molar-refractivity contribution >= 4 is 53.4 Å². The molecule has 32 heavy (non-hydrogen) atoms. The highest BCUT2D eigenvalue weighted by Crippen LogP contribution is 2.36. The summed E-state index contributed by atoms with van der Waals surface area (Å²) in [6, 6.07) is 15.8. The van der Waals surface area contributed by atoms with Crippen LogP contribution in [0.15, 0.2) is 76.5 Å². The standard InChI is InChI=1S/C20H14N2O7S3/c23-19(13-5-1-4-8-18(13)32(27,28)29)21-15-10-9-12(31(24,25)26)11-14(15)20-22-16-6-2-3-7-17(16)30-20/h1-11H,(H,21,23)(H,24,25,26)(H,27,28,29). The lowest BCUT2D eigenvalue weighted by atomic mass is 10.1. The molecule has 0 aliphatic heterocycles. The molecule has 0 saturated carbocycles. The predicted molar refractivity (Wildman–Crippen MR) is 119 cm³/mol. The summed E-state index contributed by atoms with van der Waals surface area (Å²) in [4.78, 5) is 16.3. The van der Waals surface area contributed by atoms with Crippen LogP contribution >= 0.6 is 11.3 Å². The summed E-state index contributed by atoms with van der Waals surface area (Å²) in [5.74, 6) is -0.847. The summed E-state index contributed by atoms with van der Waals surface area (Å²) in [7, 11) is -9.20. The Morgan fingerprint density at radius 2 is 1.56 bits per heavy atom. The van der Waals surface area contributed by atoms with Crippen LogP contribution in [0.4, 0.5) is 5.69 Å². The monoisotopic (exact) mass is 490 g/mol. The van der Waals surface area contributed by atoms with Crippen LogP contribution in [-0.2, 0) is 20.2 Å². The minimum Gasteiger partial charge on any atom is -0.321 e. The van der Waals surface area contributed by atoms with Crippen LogP contribution in [0.5, 0.6) is 0 Å². The van der Waals surface area contributed by atoms with Crippen LogP contribution in [0.1, 0.15) is 10.4 Å². The number of nitrogens with one attached hydrogen (secondary N) is 1. The molecule has 0 fully saturated rings. The second kappa shape index (κ2) is 8.07. The summed E-state index contributed by atoms with van der Waals surface area (Å²) < 4.78 is 66.2. The number of carbonyl (C=O) groups is 1. The van der Waals surface area contributed by atoms with Crippen LogP contribution < -0.4 is 5.32 Å². The molecular formula is C20H14N2O7S3. The normalized spacial score (nSPS) is 12.1. The van der Waals surface area contributed by atoms with Gasteiger partial charge in [-0.3, -0.25) is 13.9 Å². The van der Waals surface area contributed by atoms with E-state index in [1.54, 1.807) is 12.1 Å². The fourth-order valence-corrected chi connectivity index (χ4v) is 5.22. The third-order valence-corrected chi connectivity index (χ3v) is 7.30. The van der Waals surface area contributed by atoms with E-state index in [0.717, 1.165) is 22.9 Å². The van der Waals surface area contributed by atoms with Crippen LogP contribution in [0.2, 0.25) is 0 Å². The number of fused-ring (bicyclic) bond motifs is 1. The van der Waals surface area contributed by atoms with Gasteiger partial charge >= 0.3 is 0 Å². The molecule has 0 aliphatic carbocycles. The molecule has 0 atom stereocenters. The number of anilines is 1. The van der Waals surface area contributed by atoms with Crippen LogP contribution in [0.3, 0.4) is 0 Å². The van der Waals surface area contributed by atoms with Crippen molar-refractivity contribution in [3.05, 3.63) is 72.3 Å². The Labute approximate surface area is 186 Å². The van der Waals surface area contributed by atoms with E-state index in [1.165, 1.54) is 35.6 Å². The van der Waals surface area contributed by atoms with E-state index in [0.29, 0.717) is 10.5 Å². The average molecular weight is 491 g/mol. The number of thiazole rings is 1. The lowest BCUT2D eigenvalue weighted by Gasteiger charge is -2.12. The maximum absolute atomic E-state index is 12.8. The Morgan fingerprint density at radius 3 is 2.25 bits per heavy atom. The Balaban J connectivity index is 1.84. The number of para-hydroxylation sites is 1. The summed E-state index contributed by atoms with van der Waals surface area (Å²) in [5.41, 5.74) is 0.688. The van der Waals surface area contributed by atoms with Gasteiger partial charge in [-0.2, -0.15) is 16.8 Å². The molecule has 0 aliphatic rings. The van der Waals surface area contributed by atoms with Crippen molar-refractivity contribution in [2.75, 3.05) is 5.32 Å². The molecule has 0 unspecified atom stereocenters. The minimum absolute atomic E-state index is 0.131. The molecule has 0 radical (unpaired) electrons. The average Bonchev–Trinajstić information content (AvgIpc) is 3.16. The number of benzene rings is 3. The molecule has 4 rings (SSSR count). The van der Waals surface area contributed by atoms with Gasteiger partial charge in [0.05, 0.1) is 26.4 Å². The molecule has 3 aromatic carbocycles. The van der Waals surface area contributed by atoms with Crippen molar-refractivity contribution in [1.29, 1.82) is 0 Å². The van der Waals surface area contributed by atoms with Crippen molar-refractivity contribution in [2.24, 2.45) is 0 Å². The summed E-state index contributed by atoms with van der Waals surface area (Å²) >= 11 is 1.24. The number of nitrogens with zero attached hydrogens (tertiary/aromatic N) is 1. The molecule has 1 heterocycles. The van der Waals surface area contributed by atoms with E-state index in [9.17, 15) is 30.7 Å². The Morgan fingerprint density at radius 1 is 0.875 bits per heavy atom. The van der Waals surface area contributed by atoms with E-state index in [4.69, 9.17) is 0 Å². The van der Waals surface area contributed by atoms with E-state index in [-0.39, 0.29) is 16.8 Å². The molecule has 0 saturated heterocycles. The van der Waals surface area contributed by atoms with Crippen LogP contribution in [0, 0.1) is 0 Å². The molecule has 1 amide bonds. The number of aromatic nitrogens is 1. The quantitative estimate of drug-likeness (QED) is 0.358. The predicted octanol–water partition coefficient (Wildman–Crippen LogP) is 3.71. The highest BCUT2D eigenvalue weighted by Gasteiger charge is 2.22. The lowest BCUT2D eigenvalue weighted by Crippen LogP contribution is -2.17. The number of rotatable bonds is 5. The number of carbonyl (C=O) groups excluding carboxylic acids is 1. The van der Waals surface area contributed by atoms with Crippen molar-refractivity contribution in [3.63, 3.8) is 0 Å². The smallest absolute Gasteiger partial charge is 0.295 e. The lowest BCUT2D eigenvalue weighted by molar-refractivity contribution is 0.102. The molecule has 4 aromatic rings. The molecule has 9 nitrogen and oxygen atoms in total. The van der Waals surface area contributed by atoms with Gasteiger partial charge in [0.1, 0.15) is 9.90 Å². The fraction of sp³-hybridized carbons (Fsp3) is 0. The van der Waals surface area contributed by atoms with Gasteiger partial charge in [0.25, 0.3) is 26.1 Å². The highest BCUT2D eigenvalue weighted by molar-refractivity contribution is 7.86. The van der Waals surface area contributed by atoms with Crippen LogP contribution in [0.25, 0.3) is 20.8 Å². The highest BCUT2D eigenvalue weighted by atomic mass is 32.2. The fourth-order valence-electron chi connectivity index (χ4n) is 3.03. The molecule has 12 heteroatoms. The van der Waals surface area contributed by atoms with Crippen molar-refractivity contribution < 1.29 is 30.7 Å². The maximum atomic E-state index is 12.8. The zero-order chi connectivity index (χ0) is 23.1. The first-order valence-corrected chi connectivity index (χ1v) is 12.6. The summed E-state index contributed by atoms with van der Waals surface area (Å²) in [6.07, 6.45) is 0. The van der Waals surface area contributed by atoms with Crippen molar-refractivity contribution in [1.82, 2.24) is 4.98 Å². The largest absolute Gasteiger partial charge is 0.321 e.